The Morgan fingerprint density at radius 2 is 2.12 bits per heavy atom. The maximum Gasteiger partial charge on any atom is 0.322 e. The van der Waals surface area contributed by atoms with Crippen molar-refractivity contribution >= 4 is 57.7 Å². The summed E-state index contributed by atoms with van der Waals surface area (Å²) in [6, 6.07) is 6.03. The number of benzene rings is 1. The highest BCUT2D eigenvalue weighted by atomic mass is 127. The summed E-state index contributed by atoms with van der Waals surface area (Å²) >= 11 is 1.73. The SMILES string of the molecule is CNC(=O)c1cnc(C)c2cc([C@]3(CN4Cc5ccc(OI)cc5C4=O)NC(=O)NC3=O)oc12. The molecule has 2 aromatic heterocycles. The Hall–Kier alpha value is -3.68. The number of pyridine rings is 1. The summed E-state index contributed by atoms with van der Waals surface area (Å²) in [5, 5.41) is 7.93. The van der Waals surface area contributed by atoms with E-state index in [1.54, 1.807) is 54.2 Å². The van der Waals surface area contributed by atoms with Crippen molar-refractivity contribution in [1.82, 2.24) is 25.8 Å². The van der Waals surface area contributed by atoms with Gasteiger partial charge in [0.15, 0.2) is 34.1 Å². The second-order valence-electron chi connectivity index (χ2n) is 8.06. The number of urea groups is 1. The van der Waals surface area contributed by atoms with Crippen LogP contribution in [0.3, 0.4) is 0 Å². The molecule has 2 aliphatic rings. The van der Waals surface area contributed by atoms with Gasteiger partial charge in [0.25, 0.3) is 17.7 Å². The van der Waals surface area contributed by atoms with E-state index in [4.69, 9.17) is 7.48 Å². The van der Waals surface area contributed by atoms with Crippen molar-refractivity contribution < 1.29 is 26.7 Å². The van der Waals surface area contributed by atoms with E-state index >= 15 is 0 Å². The van der Waals surface area contributed by atoms with Gasteiger partial charge in [-0.15, -0.1) is 0 Å². The highest BCUT2D eigenvalue weighted by Crippen LogP contribution is 2.36. The Morgan fingerprint density at radius 3 is 2.79 bits per heavy atom. The van der Waals surface area contributed by atoms with Gasteiger partial charge >= 0.3 is 6.03 Å². The van der Waals surface area contributed by atoms with Gasteiger partial charge < -0.3 is 23.0 Å². The van der Waals surface area contributed by atoms with Crippen molar-refractivity contribution in [2.45, 2.75) is 19.0 Å². The zero-order valence-corrected chi connectivity index (χ0v) is 20.2. The van der Waals surface area contributed by atoms with Gasteiger partial charge in [-0.3, -0.25) is 24.7 Å². The van der Waals surface area contributed by atoms with Crippen molar-refractivity contribution in [2.24, 2.45) is 0 Å². The normalized spacial score (nSPS) is 19.3. The van der Waals surface area contributed by atoms with Gasteiger partial charge in [-0.05, 0) is 30.7 Å². The summed E-state index contributed by atoms with van der Waals surface area (Å²) in [7, 11) is 1.48. The number of carbonyl (C=O) groups is 4. The zero-order valence-electron chi connectivity index (χ0n) is 18.0. The molecule has 3 N–H and O–H groups in total. The number of nitrogens with zero attached hydrogens (tertiary/aromatic N) is 2. The highest BCUT2D eigenvalue weighted by Gasteiger charge is 2.53. The van der Waals surface area contributed by atoms with E-state index in [0.29, 0.717) is 22.4 Å². The second kappa shape index (κ2) is 7.97. The predicted octanol–water partition coefficient (Wildman–Crippen LogP) is 1.92. The van der Waals surface area contributed by atoms with Crippen LogP contribution in [0, 0.1) is 6.92 Å². The van der Waals surface area contributed by atoms with Crippen LogP contribution in [0.15, 0.2) is 34.9 Å². The lowest BCUT2D eigenvalue weighted by Crippen LogP contribution is -2.52. The van der Waals surface area contributed by atoms with Gasteiger partial charge in [0.05, 0.1) is 6.54 Å². The fourth-order valence-corrected chi connectivity index (χ4v) is 4.59. The van der Waals surface area contributed by atoms with Crippen LogP contribution in [0.2, 0.25) is 0 Å². The molecule has 5 amide bonds. The summed E-state index contributed by atoms with van der Waals surface area (Å²) in [4.78, 5) is 56.5. The number of amides is 5. The number of nitrogens with one attached hydrogen (secondary N) is 3. The Balaban J connectivity index is 1.60. The second-order valence-corrected chi connectivity index (χ2v) is 8.50. The van der Waals surface area contributed by atoms with Crippen LogP contribution < -0.4 is 19.0 Å². The quantitative estimate of drug-likeness (QED) is 0.312. The van der Waals surface area contributed by atoms with Crippen molar-refractivity contribution in [2.75, 3.05) is 13.6 Å². The molecular formula is C22H18IN5O6. The molecular weight excluding hydrogens is 557 g/mol. The van der Waals surface area contributed by atoms with Crippen molar-refractivity contribution in [3.63, 3.8) is 0 Å². The van der Waals surface area contributed by atoms with E-state index in [-0.39, 0.29) is 35.9 Å². The van der Waals surface area contributed by atoms with Gasteiger partial charge in [-0.1, -0.05) is 6.07 Å². The molecule has 5 rings (SSSR count). The Bertz CT molecular complexity index is 1400. The highest BCUT2D eigenvalue weighted by molar-refractivity contribution is 14.1. The largest absolute Gasteiger partial charge is 0.457 e. The van der Waals surface area contributed by atoms with E-state index < -0.39 is 23.4 Å². The number of furan rings is 1. The maximum atomic E-state index is 13.2. The topological polar surface area (TPSA) is 143 Å². The van der Waals surface area contributed by atoms with Crippen LogP contribution in [0.1, 0.15) is 37.7 Å². The first-order chi connectivity index (χ1) is 16.3. The molecule has 2 aliphatic heterocycles. The minimum atomic E-state index is -1.69. The summed E-state index contributed by atoms with van der Waals surface area (Å²) in [6.45, 7) is 1.80. The van der Waals surface area contributed by atoms with Gasteiger partial charge in [0, 0.05) is 36.4 Å². The Kier molecular flexibility index (Phi) is 5.19. The number of hydrogen-bond acceptors (Lipinski definition) is 7. The molecule has 0 aliphatic carbocycles. The first kappa shape index (κ1) is 22.1. The van der Waals surface area contributed by atoms with Gasteiger partial charge in [-0.2, -0.15) is 0 Å². The average molecular weight is 575 g/mol. The number of fused-ring (bicyclic) bond motifs is 2. The lowest BCUT2D eigenvalue weighted by atomic mass is 9.95. The third kappa shape index (κ3) is 3.28. The number of imide groups is 1. The van der Waals surface area contributed by atoms with Crippen LogP contribution in [-0.4, -0.2) is 47.2 Å². The van der Waals surface area contributed by atoms with E-state index in [1.165, 1.54) is 18.1 Å². The lowest BCUT2D eigenvalue weighted by molar-refractivity contribution is -0.125. The lowest BCUT2D eigenvalue weighted by Gasteiger charge is -2.29. The first-order valence-corrected chi connectivity index (χ1v) is 11.1. The summed E-state index contributed by atoms with van der Waals surface area (Å²) < 4.78 is 11.2. The number of rotatable bonds is 5. The van der Waals surface area contributed by atoms with Crippen LogP contribution >= 0.6 is 23.0 Å². The number of aromatic nitrogens is 1. The van der Waals surface area contributed by atoms with Crippen molar-refractivity contribution in [1.29, 1.82) is 0 Å². The molecule has 0 unspecified atom stereocenters. The molecule has 0 bridgehead atoms. The minimum absolute atomic E-state index is 0.0899. The molecule has 34 heavy (non-hydrogen) atoms. The maximum absolute atomic E-state index is 13.2. The third-order valence-electron chi connectivity index (χ3n) is 6.06. The molecule has 1 fully saturated rings. The third-order valence-corrected chi connectivity index (χ3v) is 6.57. The van der Waals surface area contributed by atoms with E-state index in [9.17, 15) is 19.2 Å². The fourth-order valence-electron chi connectivity index (χ4n) is 4.31. The average Bonchev–Trinajstić information content (AvgIpc) is 3.49. The number of carbonyl (C=O) groups excluding carboxylic acids is 4. The molecule has 4 heterocycles. The zero-order chi connectivity index (χ0) is 24.2. The Morgan fingerprint density at radius 1 is 1.32 bits per heavy atom. The standard InChI is InChI=1S/C22H18IN5O6/c1-10-13-6-16(33-17(13)15(7-25-10)18(29)24-2)22(20(31)26-21(32)27-22)9-28-8-11-3-4-12(34-23)5-14(11)19(28)30/h3-7H,8-9H2,1-2H3,(H,24,29)(H2,26,27,31,32)/t22-/m0/s1. The van der Waals surface area contributed by atoms with Crippen LogP contribution in [0.25, 0.3) is 11.0 Å². The molecule has 0 radical (unpaired) electrons. The molecule has 0 saturated carbocycles. The number of hydrogen-bond donors (Lipinski definition) is 3. The van der Waals surface area contributed by atoms with Gasteiger partial charge in [0.2, 0.25) is 0 Å². The van der Waals surface area contributed by atoms with Crippen molar-refractivity contribution in [3.8, 4) is 5.75 Å². The molecule has 1 aromatic carbocycles. The Labute approximate surface area is 206 Å². The minimum Gasteiger partial charge on any atom is -0.457 e. The molecule has 3 aromatic rings. The van der Waals surface area contributed by atoms with Crippen LogP contribution in [0.5, 0.6) is 5.75 Å². The summed E-state index contributed by atoms with van der Waals surface area (Å²) in [6.07, 6.45) is 1.39. The summed E-state index contributed by atoms with van der Waals surface area (Å²) in [5.41, 5.74) is 0.533. The molecule has 12 heteroatoms. The van der Waals surface area contributed by atoms with Gasteiger partial charge in [-0.25, -0.2) is 4.79 Å². The van der Waals surface area contributed by atoms with Crippen molar-refractivity contribution in [3.05, 3.63) is 58.6 Å². The number of aryl methyl sites for hydroxylation is 1. The monoisotopic (exact) mass is 575 g/mol. The molecule has 174 valence electrons. The van der Waals surface area contributed by atoms with E-state index in [0.717, 1.165) is 5.56 Å². The fraction of sp³-hybridized carbons (Fsp3) is 0.227. The first-order valence-electron chi connectivity index (χ1n) is 10.2. The molecule has 1 saturated heterocycles. The molecule has 0 spiro atoms. The smallest absolute Gasteiger partial charge is 0.322 e. The van der Waals surface area contributed by atoms with Crippen LogP contribution in [-0.2, 0) is 16.9 Å². The van der Waals surface area contributed by atoms with E-state index in [2.05, 4.69) is 20.9 Å². The van der Waals surface area contributed by atoms with Gasteiger partial charge in [0.1, 0.15) is 17.1 Å². The molecule has 11 nitrogen and oxygen atoms in total. The van der Waals surface area contributed by atoms with E-state index in [1.807, 2.05) is 0 Å². The summed E-state index contributed by atoms with van der Waals surface area (Å²) in [5.74, 6) is -0.765. The molecule has 1 atom stereocenters. The number of halogens is 1. The van der Waals surface area contributed by atoms with Crippen LogP contribution in [0.4, 0.5) is 4.79 Å². The predicted molar refractivity (Wildman–Crippen MR) is 126 cm³/mol.